The van der Waals surface area contributed by atoms with Crippen LogP contribution in [-0.2, 0) is 16.6 Å². The van der Waals surface area contributed by atoms with Crippen LogP contribution < -0.4 is 25.8 Å². The Bertz CT molecular complexity index is 1640. The first-order valence-corrected chi connectivity index (χ1v) is 16.7. The summed E-state index contributed by atoms with van der Waals surface area (Å²) in [6.45, 7) is 3.53. The number of carbonyl (C=O) groups is 2. The van der Waals surface area contributed by atoms with Gasteiger partial charge in [0.25, 0.3) is 5.91 Å². The highest BCUT2D eigenvalue weighted by atomic mass is 35.5. The lowest BCUT2D eigenvalue weighted by Crippen LogP contribution is -2.50. The number of primary amides is 1. The van der Waals surface area contributed by atoms with Crippen LogP contribution in [0.15, 0.2) is 54.6 Å². The van der Waals surface area contributed by atoms with E-state index in [9.17, 15) is 26.8 Å². The molecule has 3 aromatic carbocycles. The molecule has 45 heavy (non-hydrogen) atoms. The molecule has 1 saturated heterocycles. The molecule has 2 atom stereocenters. The van der Waals surface area contributed by atoms with Gasteiger partial charge in [0.15, 0.2) is 0 Å². The Morgan fingerprint density at radius 2 is 1.82 bits per heavy atom. The van der Waals surface area contributed by atoms with Gasteiger partial charge in [-0.2, -0.15) is 0 Å². The van der Waals surface area contributed by atoms with E-state index < -0.39 is 39.2 Å². The normalized spacial score (nSPS) is 17.0. The fourth-order valence-corrected chi connectivity index (χ4v) is 6.02. The van der Waals surface area contributed by atoms with Crippen LogP contribution in [0.3, 0.4) is 0 Å². The van der Waals surface area contributed by atoms with E-state index >= 15 is 0 Å². The molecule has 1 aliphatic heterocycles. The summed E-state index contributed by atoms with van der Waals surface area (Å²) in [7, 11) is -3.43. The number of sulfonamides is 1. The average Bonchev–Trinajstić information content (AvgIpc) is 2.96. The van der Waals surface area contributed by atoms with E-state index in [1.165, 1.54) is 6.07 Å². The van der Waals surface area contributed by atoms with Gasteiger partial charge in [0.2, 0.25) is 10.0 Å². The number of urea groups is 1. The summed E-state index contributed by atoms with van der Waals surface area (Å²) in [5, 5.41) is 5.51. The van der Waals surface area contributed by atoms with Crippen molar-refractivity contribution in [1.29, 1.82) is 0 Å². The fourth-order valence-electron chi connectivity index (χ4n) is 5.24. The molecule has 0 saturated carbocycles. The lowest BCUT2D eigenvalue weighted by molar-refractivity contribution is 0.0996. The number of unbranched alkanes of at least 4 members (excludes halogenated alkanes) is 1. The van der Waals surface area contributed by atoms with Gasteiger partial charge in [-0.25, -0.2) is 22.0 Å². The summed E-state index contributed by atoms with van der Waals surface area (Å²) in [6, 6.07) is 13.0. The predicted octanol–water partition coefficient (Wildman–Crippen LogP) is 6.23. The molecule has 1 aliphatic rings. The lowest BCUT2D eigenvalue weighted by Gasteiger charge is -2.40. The quantitative estimate of drug-likeness (QED) is 0.181. The number of rotatable bonds is 12. The van der Waals surface area contributed by atoms with Crippen molar-refractivity contribution < 1.29 is 31.5 Å². The van der Waals surface area contributed by atoms with Gasteiger partial charge in [-0.05, 0) is 61.2 Å². The van der Waals surface area contributed by atoms with E-state index in [2.05, 4.69) is 27.2 Å². The van der Waals surface area contributed by atoms with Gasteiger partial charge >= 0.3 is 6.03 Å². The second-order valence-corrected chi connectivity index (χ2v) is 13.2. The summed E-state index contributed by atoms with van der Waals surface area (Å²) in [5.41, 5.74) is 5.70. The van der Waals surface area contributed by atoms with E-state index in [0.29, 0.717) is 42.6 Å². The molecule has 1 fully saturated rings. The van der Waals surface area contributed by atoms with Crippen molar-refractivity contribution in [3.63, 3.8) is 0 Å². The van der Waals surface area contributed by atoms with Crippen molar-refractivity contribution in [2.24, 2.45) is 5.73 Å². The molecule has 242 valence electrons. The number of benzene rings is 3. The Balaban J connectivity index is 1.35. The maximum absolute atomic E-state index is 14.2. The molecule has 5 N–H and O–H groups in total. The third-order valence-corrected chi connectivity index (χ3v) is 8.31. The molecule has 2 unspecified atom stereocenters. The Kier molecular flexibility index (Phi) is 11.2. The molecule has 10 nitrogen and oxygen atoms in total. The van der Waals surface area contributed by atoms with E-state index in [1.54, 1.807) is 12.1 Å². The molecule has 3 amide bonds. The van der Waals surface area contributed by atoms with Gasteiger partial charge in [-0.15, -0.1) is 0 Å². The molecular weight excluding hydrogens is 628 g/mol. The minimum absolute atomic E-state index is 0.165. The third kappa shape index (κ3) is 9.77. The van der Waals surface area contributed by atoms with Gasteiger partial charge in [0, 0.05) is 31.2 Å². The molecule has 4 rings (SSSR count). The summed E-state index contributed by atoms with van der Waals surface area (Å²) >= 11 is 6.30. The number of hydrogen-bond donors (Lipinski definition) is 4. The molecule has 0 radical (unpaired) electrons. The van der Waals surface area contributed by atoms with Crippen LogP contribution in [-0.4, -0.2) is 50.1 Å². The zero-order chi connectivity index (χ0) is 32.7. The number of piperidine rings is 1. The number of hydrogen-bond acceptors (Lipinski definition) is 6. The van der Waals surface area contributed by atoms with Gasteiger partial charge in [0.1, 0.15) is 23.1 Å². The van der Waals surface area contributed by atoms with Crippen molar-refractivity contribution in [2.45, 2.75) is 57.7 Å². The van der Waals surface area contributed by atoms with E-state index in [0.717, 1.165) is 43.7 Å². The zero-order valence-electron chi connectivity index (χ0n) is 24.9. The van der Waals surface area contributed by atoms with E-state index in [-0.39, 0.29) is 22.8 Å². The smallest absolute Gasteiger partial charge is 0.319 e. The third-order valence-electron chi connectivity index (χ3n) is 7.41. The number of halogens is 3. The summed E-state index contributed by atoms with van der Waals surface area (Å²) in [5.74, 6) is -2.22. The van der Waals surface area contributed by atoms with Crippen LogP contribution in [0.2, 0.25) is 5.02 Å². The summed E-state index contributed by atoms with van der Waals surface area (Å²) in [6.07, 6.45) is 5.39. The minimum atomic E-state index is -3.43. The standard InChI is InChI=1S/C31H36ClF2N5O5S/c1-3-4-5-22-14-20(36-31(41)37-28-16-24(30(35)40)26(33)17-27(28)34)12-13-39(22)18-19-6-9-23(10-7-19)44-29-11-8-21(15-25(29)32)38-45(2,42)43/h6-11,15-17,20,22,38H,3-5,12-14,18H2,1-2H3,(H2,35,40)(H2,36,37,41). The van der Waals surface area contributed by atoms with Crippen molar-refractivity contribution in [1.82, 2.24) is 10.2 Å². The minimum Gasteiger partial charge on any atom is -0.456 e. The number of nitrogens with zero attached hydrogens (tertiary/aromatic N) is 1. The van der Waals surface area contributed by atoms with Gasteiger partial charge < -0.3 is 21.1 Å². The number of amides is 3. The first kappa shape index (κ1) is 33.9. The monoisotopic (exact) mass is 663 g/mol. The van der Waals surface area contributed by atoms with E-state index in [4.69, 9.17) is 22.1 Å². The molecule has 0 spiro atoms. The van der Waals surface area contributed by atoms with Crippen molar-refractivity contribution in [3.8, 4) is 11.5 Å². The Morgan fingerprint density at radius 1 is 1.09 bits per heavy atom. The highest BCUT2D eigenvalue weighted by Gasteiger charge is 2.29. The number of nitrogens with one attached hydrogen (secondary N) is 3. The topological polar surface area (TPSA) is 143 Å². The number of likely N-dealkylation sites (tertiary alicyclic amines) is 1. The molecule has 14 heteroatoms. The fraction of sp³-hybridized carbons (Fsp3) is 0.355. The SMILES string of the molecule is CCCCC1CC(NC(=O)Nc2cc(C(N)=O)c(F)cc2F)CCN1Cc1ccc(Oc2ccc(NS(C)(=O)=O)cc2Cl)cc1. The summed E-state index contributed by atoms with van der Waals surface area (Å²) in [4.78, 5) is 26.5. The Hall–Kier alpha value is -3.94. The highest BCUT2D eigenvalue weighted by molar-refractivity contribution is 7.92. The first-order valence-electron chi connectivity index (χ1n) is 14.5. The van der Waals surface area contributed by atoms with Crippen LogP contribution in [0.25, 0.3) is 0 Å². The molecule has 0 bridgehead atoms. The van der Waals surface area contributed by atoms with E-state index in [1.807, 2.05) is 24.3 Å². The van der Waals surface area contributed by atoms with Gasteiger partial charge in [-0.1, -0.05) is 43.5 Å². The van der Waals surface area contributed by atoms with Crippen LogP contribution in [0.4, 0.5) is 25.0 Å². The number of nitrogens with two attached hydrogens (primary N) is 1. The molecule has 1 heterocycles. The van der Waals surface area contributed by atoms with Crippen molar-refractivity contribution >= 4 is 44.9 Å². The maximum Gasteiger partial charge on any atom is 0.319 e. The second-order valence-electron chi connectivity index (χ2n) is 11.0. The zero-order valence-corrected chi connectivity index (χ0v) is 26.5. The van der Waals surface area contributed by atoms with Gasteiger partial charge in [0.05, 0.1) is 28.2 Å². The number of carbonyl (C=O) groups excluding carboxylic acids is 2. The Labute approximate surface area is 266 Å². The first-order chi connectivity index (χ1) is 21.3. The maximum atomic E-state index is 14.2. The molecule has 0 aliphatic carbocycles. The Morgan fingerprint density at radius 3 is 2.47 bits per heavy atom. The van der Waals surface area contributed by atoms with Crippen LogP contribution in [0.5, 0.6) is 11.5 Å². The van der Waals surface area contributed by atoms with Crippen molar-refractivity contribution in [2.75, 3.05) is 22.8 Å². The summed E-state index contributed by atoms with van der Waals surface area (Å²) < 4.78 is 59.2. The van der Waals surface area contributed by atoms with Crippen LogP contribution in [0, 0.1) is 11.6 Å². The highest BCUT2D eigenvalue weighted by Crippen LogP contribution is 2.32. The van der Waals surface area contributed by atoms with Crippen LogP contribution >= 0.6 is 11.6 Å². The van der Waals surface area contributed by atoms with Crippen molar-refractivity contribution in [3.05, 3.63) is 82.4 Å². The van der Waals surface area contributed by atoms with Crippen LogP contribution in [0.1, 0.15) is 54.9 Å². The predicted molar refractivity (Wildman–Crippen MR) is 170 cm³/mol. The molecule has 0 aromatic heterocycles. The molecular formula is C31H36ClF2N5O5S. The number of anilines is 2. The largest absolute Gasteiger partial charge is 0.456 e. The number of ether oxygens (including phenoxy) is 1. The lowest BCUT2D eigenvalue weighted by atomic mass is 9.93. The second kappa shape index (κ2) is 14.9. The molecule has 3 aromatic rings. The average molecular weight is 664 g/mol. The van der Waals surface area contributed by atoms with Gasteiger partial charge in [-0.3, -0.25) is 14.4 Å².